The highest BCUT2D eigenvalue weighted by atomic mass is 32.2. The van der Waals surface area contributed by atoms with E-state index in [0.717, 1.165) is 34.7 Å². The minimum atomic E-state index is -0.425. The van der Waals surface area contributed by atoms with Crippen LogP contribution in [0.4, 0.5) is 0 Å². The minimum Gasteiger partial charge on any atom is -0.369 e. The number of hydrogen-bond acceptors (Lipinski definition) is 5. The molecule has 0 saturated carbocycles. The molecular weight excluding hydrogens is 330 g/mol. The number of thioether (sulfide) groups is 2. The first-order chi connectivity index (χ1) is 11.0. The number of benzene rings is 1. The third-order valence-electron chi connectivity index (χ3n) is 3.47. The normalized spacial score (nSPS) is 13.1. The number of carbonyl (C=O) groups excluding carboxylic acids is 1. The summed E-state index contributed by atoms with van der Waals surface area (Å²) < 4.78 is 1.60. The number of fused-ring (bicyclic) bond motifs is 1. The third kappa shape index (κ3) is 3.30. The zero-order chi connectivity index (χ0) is 16.6. The molecule has 23 heavy (non-hydrogen) atoms. The lowest BCUT2D eigenvalue weighted by Crippen LogP contribution is -2.25. The van der Waals surface area contributed by atoms with Gasteiger partial charge in [0.2, 0.25) is 5.91 Å². The summed E-state index contributed by atoms with van der Waals surface area (Å²) >= 11 is 2.76. The van der Waals surface area contributed by atoms with E-state index >= 15 is 0 Å². The SMILES string of the molecule is Cc1cc(C)cc(-n2c(SCC(N)=O)nc3c(c2=O)SCC3)c1. The van der Waals surface area contributed by atoms with E-state index in [9.17, 15) is 9.59 Å². The number of amides is 1. The second kappa shape index (κ2) is 6.41. The van der Waals surface area contributed by atoms with Gasteiger partial charge >= 0.3 is 0 Å². The molecule has 1 aliphatic rings. The van der Waals surface area contributed by atoms with Crippen molar-refractivity contribution in [2.24, 2.45) is 5.73 Å². The molecular formula is C16H17N3O2S2. The molecule has 2 heterocycles. The number of hydrogen-bond donors (Lipinski definition) is 1. The van der Waals surface area contributed by atoms with Crippen molar-refractivity contribution in [2.75, 3.05) is 11.5 Å². The molecule has 0 atom stereocenters. The Labute approximate surface area is 142 Å². The summed E-state index contributed by atoms with van der Waals surface area (Å²) in [5.41, 5.74) is 8.94. The van der Waals surface area contributed by atoms with Crippen LogP contribution in [0.5, 0.6) is 0 Å². The van der Waals surface area contributed by atoms with Crippen molar-refractivity contribution < 1.29 is 4.79 Å². The van der Waals surface area contributed by atoms with Gasteiger partial charge in [-0.15, -0.1) is 11.8 Å². The average Bonchev–Trinajstić information content (AvgIpc) is 2.92. The summed E-state index contributed by atoms with van der Waals surface area (Å²) in [6, 6.07) is 5.97. The van der Waals surface area contributed by atoms with Gasteiger partial charge in [0.05, 0.1) is 22.0 Å². The Morgan fingerprint density at radius 3 is 2.70 bits per heavy atom. The van der Waals surface area contributed by atoms with Crippen LogP contribution in [0.3, 0.4) is 0 Å². The largest absolute Gasteiger partial charge is 0.369 e. The number of primary amides is 1. The van der Waals surface area contributed by atoms with Gasteiger partial charge in [0, 0.05) is 12.2 Å². The van der Waals surface area contributed by atoms with Crippen molar-refractivity contribution in [3.8, 4) is 5.69 Å². The number of aryl methyl sites for hydroxylation is 3. The van der Waals surface area contributed by atoms with Gasteiger partial charge in [-0.2, -0.15) is 0 Å². The molecule has 1 aromatic heterocycles. The standard InChI is InChI=1S/C16H17N3O2S2/c1-9-5-10(2)7-11(6-9)19-15(21)14-12(3-4-22-14)18-16(19)23-8-13(17)20/h5-7H,3-4,8H2,1-2H3,(H2,17,20). The zero-order valence-corrected chi connectivity index (χ0v) is 14.6. The Kier molecular flexibility index (Phi) is 4.50. The summed E-state index contributed by atoms with van der Waals surface area (Å²) in [5.74, 6) is 0.545. The highest BCUT2D eigenvalue weighted by Crippen LogP contribution is 2.30. The van der Waals surface area contributed by atoms with Crippen LogP contribution >= 0.6 is 23.5 Å². The maximum absolute atomic E-state index is 12.9. The van der Waals surface area contributed by atoms with E-state index in [4.69, 9.17) is 5.73 Å². The monoisotopic (exact) mass is 347 g/mol. The van der Waals surface area contributed by atoms with Gasteiger partial charge in [0.1, 0.15) is 0 Å². The van der Waals surface area contributed by atoms with Crippen LogP contribution in [0.1, 0.15) is 16.8 Å². The van der Waals surface area contributed by atoms with Gasteiger partial charge in [-0.25, -0.2) is 4.98 Å². The van der Waals surface area contributed by atoms with Crippen molar-refractivity contribution in [3.63, 3.8) is 0 Å². The molecule has 2 aromatic rings. The second-order valence-corrected chi connectivity index (χ2v) is 7.56. The molecule has 0 bridgehead atoms. The van der Waals surface area contributed by atoms with E-state index in [1.807, 2.05) is 26.0 Å². The molecule has 0 saturated heterocycles. The van der Waals surface area contributed by atoms with Crippen LogP contribution in [-0.4, -0.2) is 27.0 Å². The number of aromatic nitrogens is 2. The molecule has 120 valence electrons. The van der Waals surface area contributed by atoms with Gasteiger partial charge in [-0.3, -0.25) is 14.2 Å². The molecule has 1 aliphatic heterocycles. The van der Waals surface area contributed by atoms with E-state index in [0.29, 0.717) is 10.1 Å². The first-order valence-corrected chi connectivity index (χ1v) is 9.21. The van der Waals surface area contributed by atoms with E-state index in [1.54, 1.807) is 16.3 Å². The number of nitrogens with two attached hydrogens (primary N) is 1. The first-order valence-electron chi connectivity index (χ1n) is 7.24. The first kappa shape index (κ1) is 16.1. The topological polar surface area (TPSA) is 78.0 Å². The second-order valence-electron chi connectivity index (χ2n) is 5.51. The Morgan fingerprint density at radius 2 is 2.04 bits per heavy atom. The fraction of sp³-hybridized carbons (Fsp3) is 0.312. The van der Waals surface area contributed by atoms with Crippen LogP contribution in [0.25, 0.3) is 5.69 Å². The molecule has 0 aliphatic carbocycles. The Bertz CT molecular complexity index is 826. The van der Waals surface area contributed by atoms with Gasteiger partial charge in [0.25, 0.3) is 5.56 Å². The maximum atomic E-state index is 12.9. The van der Waals surface area contributed by atoms with Crippen LogP contribution in [0.2, 0.25) is 0 Å². The molecule has 0 spiro atoms. The van der Waals surface area contributed by atoms with Crippen LogP contribution < -0.4 is 11.3 Å². The van der Waals surface area contributed by atoms with E-state index in [-0.39, 0.29) is 11.3 Å². The fourth-order valence-corrected chi connectivity index (χ4v) is 4.42. The van der Waals surface area contributed by atoms with Gasteiger partial charge in [-0.05, 0) is 37.1 Å². The maximum Gasteiger partial charge on any atom is 0.272 e. The van der Waals surface area contributed by atoms with E-state index in [2.05, 4.69) is 11.1 Å². The van der Waals surface area contributed by atoms with Crippen LogP contribution in [-0.2, 0) is 11.2 Å². The minimum absolute atomic E-state index is 0.0607. The highest BCUT2D eigenvalue weighted by molar-refractivity contribution is 8.00. The van der Waals surface area contributed by atoms with Crippen molar-refractivity contribution >= 4 is 29.4 Å². The molecule has 1 amide bonds. The molecule has 5 nitrogen and oxygen atoms in total. The van der Waals surface area contributed by atoms with Crippen molar-refractivity contribution in [2.45, 2.75) is 30.3 Å². The Hall–Kier alpha value is -1.73. The lowest BCUT2D eigenvalue weighted by atomic mass is 10.1. The van der Waals surface area contributed by atoms with E-state index < -0.39 is 5.91 Å². The van der Waals surface area contributed by atoms with Crippen molar-refractivity contribution in [1.82, 2.24) is 9.55 Å². The zero-order valence-electron chi connectivity index (χ0n) is 13.0. The summed E-state index contributed by atoms with van der Waals surface area (Å²) in [7, 11) is 0. The van der Waals surface area contributed by atoms with Gasteiger partial charge < -0.3 is 5.73 Å². The predicted octanol–water partition coefficient (Wildman–Crippen LogP) is 2.07. The lowest BCUT2D eigenvalue weighted by molar-refractivity contribution is -0.115. The van der Waals surface area contributed by atoms with Crippen LogP contribution in [0, 0.1) is 13.8 Å². The van der Waals surface area contributed by atoms with Crippen LogP contribution in [0.15, 0.2) is 33.0 Å². The van der Waals surface area contributed by atoms with Gasteiger partial charge in [0.15, 0.2) is 5.16 Å². The predicted molar refractivity (Wildman–Crippen MR) is 93.7 cm³/mol. The molecule has 2 N–H and O–H groups in total. The number of carbonyl (C=O) groups is 1. The number of nitrogens with zero attached hydrogens (tertiary/aromatic N) is 2. The molecule has 3 rings (SSSR count). The highest BCUT2D eigenvalue weighted by Gasteiger charge is 2.22. The Balaban J connectivity index is 2.20. The smallest absolute Gasteiger partial charge is 0.272 e. The lowest BCUT2D eigenvalue weighted by Gasteiger charge is -2.14. The summed E-state index contributed by atoms with van der Waals surface area (Å²) in [4.78, 5) is 29.4. The Morgan fingerprint density at radius 1 is 1.35 bits per heavy atom. The summed E-state index contributed by atoms with van der Waals surface area (Å²) in [5, 5.41) is 0.528. The fourth-order valence-electron chi connectivity index (χ4n) is 2.63. The average molecular weight is 347 g/mol. The molecule has 0 fully saturated rings. The molecule has 7 heteroatoms. The summed E-state index contributed by atoms with van der Waals surface area (Å²) in [6.07, 6.45) is 0.785. The van der Waals surface area contributed by atoms with Crippen molar-refractivity contribution in [3.05, 3.63) is 45.4 Å². The third-order valence-corrected chi connectivity index (χ3v) is 5.54. The van der Waals surface area contributed by atoms with Gasteiger partial charge in [-0.1, -0.05) is 17.8 Å². The van der Waals surface area contributed by atoms with Crippen molar-refractivity contribution in [1.29, 1.82) is 0 Å². The summed E-state index contributed by atoms with van der Waals surface area (Å²) in [6.45, 7) is 3.99. The number of rotatable bonds is 4. The quantitative estimate of drug-likeness (QED) is 0.677. The van der Waals surface area contributed by atoms with E-state index in [1.165, 1.54) is 11.8 Å². The molecule has 0 unspecified atom stereocenters. The molecule has 1 aromatic carbocycles. The molecule has 0 radical (unpaired) electrons.